The number of hydrogen-bond donors (Lipinski definition) is 2. The van der Waals surface area contributed by atoms with Gasteiger partial charge in [0.15, 0.2) is 0 Å². The van der Waals surface area contributed by atoms with Gasteiger partial charge in [-0.15, -0.1) is 0 Å². The van der Waals surface area contributed by atoms with Gasteiger partial charge in [0, 0.05) is 23.5 Å². The summed E-state index contributed by atoms with van der Waals surface area (Å²) in [4.78, 5) is 21.2. The Morgan fingerprint density at radius 2 is 1.74 bits per heavy atom. The summed E-state index contributed by atoms with van der Waals surface area (Å²) in [5.74, 6) is -0.325. The molecular formula is C21H21FN4O. The zero-order chi connectivity index (χ0) is 19.2. The molecule has 0 aliphatic carbocycles. The molecule has 2 aromatic carbocycles. The number of amides is 1. The van der Waals surface area contributed by atoms with E-state index in [0.717, 1.165) is 17.7 Å². The Hall–Kier alpha value is -3.28. The minimum absolute atomic E-state index is 0.232. The molecule has 0 bridgehead atoms. The first-order chi connectivity index (χ1) is 13.1. The van der Waals surface area contributed by atoms with Crippen LogP contribution in [0.5, 0.6) is 0 Å². The highest BCUT2D eigenvalue weighted by atomic mass is 19.1. The highest BCUT2D eigenvalue weighted by molar-refractivity contribution is 6.03. The van der Waals surface area contributed by atoms with Gasteiger partial charge in [0.2, 0.25) is 5.95 Å². The van der Waals surface area contributed by atoms with E-state index in [0.29, 0.717) is 11.3 Å². The second-order valence-electron chi connectivity index (χ2n) is 6.13. The third-order valence-corrected chi connectivity index (χ3v) is 4.13. The Bertz CT molecular complexity index is 958. The van der Waals surface area contributed by atoms with Gasteiger partial charge in [0.05, 0.1) is 0 Å². The van der Waals surface area contributed by atoms with Crippen LogP contribution in [0.3, 0.4) is 0 Å². The Morgan fingerprint density at radius 1 is 1.04 bits per heavy atom. The van der Waals surface area contributed by atoms with Crippen LogP contribution in [0.4, 0.5) is 16.0 Å². The summed E-state index contributed by atoms with van der Waals surface area (Å²) in [7, 11) is 0. The number of aromatic nitrogens is 2. The van der Waals surface area contributed by atoms with Crippen molar-refractivity contribution in [2.75, 3.05) is 10.6 Å². The van der Waals surface area contributed by atoms with E-state index < -0.39 is 0 Å². The van der Waals surface area contributed by atoms with Crippen LogP contribution in [0.25, 0.3) is 0 Å². The summed E-state index contributed by atoms with van der Waals surface area (Å²) >= 11 is 0. The van der Waals surface area contributed by atoms with Crippen LogP contribution in [-0.4, -0.2) is 15.9 Å². The molecule has 0 aliphatic rings. The molecule has 0 saturated heterocycles. The van der Waals surface area contributed by atoms with Crippen molar-refractivity contribution in [3.63, 3.8) is 0 Å². The summed E-state index contributed by atoms with van der Waals surface area (Å²) in [6.07, 6.45) is 0.814. The lowest BCUT2D eigenvalue weighted by Gasteiger charge is -2.11. The Balaban J connectivity index is 1.76. The fraction of sp³-hybridized carbons (Fsp3) is 0.190. The van der Waals surface area contributed by atoms with Crippen molar-refractivity contribution >= 4 is 17.5 Å². The van der Waals surface area contributed by atoms with Gasteiger partial charge in [-0.25, -0.2) is 14.4 Å². The molecule has 0 unspecified atom stereocenters. The van der Waals surface area contributed by atoms with Crippen LogP contribution in [0.2, 0.25) is 0 Å². The van der Waals surface area contributed by atoms with E-state index in [1.54, 1.807) is 31.2 Å². The van der Waals surface area contributed by atoms with Crippen LogP contribution < -0.4 is 10.6 Å². The zero-order valence-electron chi connectivity index (χ0n) is 15.3. The van der Waals surface area contributed by atoms with Gasteiger partial charge >= 0.3 is 0 Å². The number of anilines is 2. The quantitative estimate of drug-likeness (QED) is 0.682. The lowest BCUT2D eigenvalue weighted by Crippen LogP contribution is -2.17. The van der Waals surface area contributed by atoms with Gasteiger partial charge in [-0.1, -0.05) is 43.3 Å². The van der Waals surface area contributed by atoms with Crippen LogP contribution in [-0.2, 0) is 13.0 Å². The number of carbonyl (C=O) groups excluding carboxylic acids is 1. The molecule has 27 heavy (non-hydrogen) atoms. The number of rotatable bonds is 6. The maximum absolute atomic E-state index is 13.7. The van der Waals surface area contributed by atoms with E-state index in [4.69, 9.17) is 0 Å². The van der Waals surface area contributed by atoms with E-state index >= 15 is 0 Å². The van der Waals surface area contributed by atoms with Gasteiger partial charge in [0.25, 0.3) is 5.91 Å². The molecule has 0 fully saturated rings. The topological polar surface area (TPSA) is 66.9 Å². The van der Waals surface area contributed by atoms with E-state index in [2.05, 4.69) is 20.6 Å². The first kappa shape index (κ1) is 18.5. The number of hydrogen-bond acceptors (Lipinski definition) is 4. The number of aryl methyl sites for hydroxylation is 2. The molecule has 0 radical (unpaired) electrons. The van der Waals surface area contributed by atoms with Gasteiger partial charge in [0.1, 0.15) is 11.5 Å². The fourth-order valence-corrected chi connectivity index (χ4v) is 2.72. The van der Waals surface area contributed by atoms with Gasteiger partial charge < -0.3 is 10.6 Å². The molecule has 3 rings (SSSR count). The molecule has 2 N–H and O–H groups in total. The summed E-state index contributed by atoms with van der Waals surface area (Å²) in [6, 6.07) is 15.8. The van der Waals surface area contributed by atoms with Crippen molar-refractivity contribution in [3.8, 4) is 0 Å². The molecule has 0 atom stereocenters. The first-order valence-corrected chi connectivity index (χ1v) is 8.79. The Labute approximate surface area is 157 Å². The fourth-order valence-electron chi connectivity index (χ4n) is 2.72. The van der Waals surface area contributed by atoms with E-state index in [1.165, 1.54) is 6.07 Å². The van der Waals surface area contributed by atoms with Crippen LogP contribution in [0.1, 0.15) is 34.2 Å². The number of para-hydroxylation sites is 1. The molecule has 1 aromatic heterocycles. The first-order valence-electron chi connectivity index (χ1n) is 8.79. The molecule has 5 nitrogen and oxygen atoms in total. The maximum atomic E-state index is 13.7. The van der Waals surface area contributed by atoms with Crippen molar-refractivity contribution in [1.82, 2.24) is 9.97 Å². The van der Waals surface area contributed by atoms with Crippen molar-refractivity contribution in [2.24, 2.45) is 0 Å². The largest absolute Gasteiger partial charge is 0.350 e. The summed E-state index contributed by atoms with van der Waals surface area (Å²) < 4.78 is 13.7. The lowest BCUT2D eigenvalue weighted by molar-refractivity contribution is 0.102. The minimum atomic E-state index is -0.310. The van der Waals surface area contributed by atoms with Crippen LogP contribution in [0.15, 0.2) is 54.6 Å². The van der Waals surface area contributed by atoms with Gasteiger partial charge in [-0.2, -0.15) is 0 Å². The van der Waals surface area contributed by atoms with E-state index in [-0.39, 0.29) is 29.9 Å². The smallest absolute Gasteiger partial charge is 0.274 e. The molecule has 0 saturated carbocycles. The normalized spacial score (nSPS) is 10.5. The molecular weight excluding hydrogens is 343 g/mol. The van der Waals surface area contributed by atoms with Crippen molar-refractivity contribution in [1.29, 1.82) is 0 Å². The highest BCUT2D eigenvalue weighted by Gasteiger charge is 2.13. The average Bonchev–Trinajstić information content (AvgIpc) is 2.67. The monoisotopic (exact) mass is 364 g/mol. The number of nitrogens with one attached hydrogen (secondary N) is 2. The number of nitrogens with zero attached hydrogens (tertiary/aromatic N) is 2. The second kappa shape index (κ2) is 8.40. The van der Waals surface area contributed by atoms with Crippen molar-refractivity contribution < 1.29 is 9.18 Å². The van der Waals surface area contributed by atoms with Crippen molar-refractivity contribution in [2.45, 2.75) is 26.8 Å². The van der Waals surface area contributed by atoms with E-state index in [1.807, 2.05) is 31.2 Å². The summed E-state index contributed by atoms with van der Waals surface area (Å²) in [6.45, 7) is 4.05. The number of benzene rings is 2. The number of carbonyl (C=O) groups is 1. The molecule has 1 amide bonds. The third kappa shape index (κ3) is 4.67. The standard InChI is InChI=1S/C21H21FN4O/c1-3-15-8-5-7-11-18(15)25-20(27)19-12-14(2)24-21(26-19)23-13-16-9-4-6-10-17(16)22/h4-12H,3,13H2,1-2H3,(H,25,27)(H,23,24,26). The van der Waals surface area contributed by atoms with Gasteiger partial charge in [-0.05, 0) is 37.1 Å². The average molecular weight is 364 g/mol. The SMILES string of the molecule is CCc1ccccc1NC(=O)c1cc(C)nc(NCc2ccccc2F)n1. The second-order valence-corrected chi connectivity index (χ2v) is 6.13. The Morgan fingerprint density at radius 3 is 2.48 bits per heavy atom. The predicted molar refractivity (Wildman–Crippen MR) is 104 cm³/mol. The number of halogens is 1. The molecule has 0 spiro atoms. The maximum Gasteiger partial charge on any atom is 0.274 e. The van der Waals surface area contributed by atoms with Gasteiger partial charge in [-0.3, -0.25) is 4.79 Å². The zero-order valence-corrected chi connectivity index (χ0v) is 15.3. The van der Waals surface area contributed by atoms with E-state index in [9.17, 15) is 9.18 Å². The van der Waals surface area contributed by atoms with Crippen LogP contribution in [0, 0.1) is 12.7 Å². The lowest BCUT2D eigenvalue weighted by atomic mass is 10.1. The molecule has 3 aromatic rings. The molecule has 6 heteroatoms. The third-order valence-electron chi connectivity index (χ3n) is 4.13. The summed E-state index contributed by atoms with van der Waals surface area (Å²) in [5, 5.41) is 5.88. The molecule has 1 heterocycles. The predicted octanol–water partition coefficient (Wildman–Crippen LogP) is 4.35. The minimum Gasteiger partial charge on any atom is -0.350 e. The molecule has 138 valence electrons. The Kier molecular flexibility index (Phi) is 5.76. The van der Waals surface area contributed by atoms with Crippen molar-refractivity contribution in [3.05, 3.63) is 82.9 Å². The summed E-state index contributed by atoms with van der Waals surface area (Å²) in [5.41, 5.74) is 3.22. The highest BCUT2D eigenvalue weighted by Crippen LogP contribution is 2.17. The molecule has 0 aliphatic heterocycles. The van der Waals surface area contributed by atoms with Crippen LogP contribution >= 0.6 is 0 Å².